The van der Waals surface area contributed by atoms with Gasteiger partial charge in [0.05, 0.1) is 0 Å². The number of rotatable bonds is 5. The Morgan fingerprint density at radius 2 is 1.45 bits per heavy atom. The number of hydrogen-bond donors (Lipinski definition) is 1. The summed E-state index contributed by atoms with van der Waals surface area (Å²) in [6, 6.07) is 16.1. The van der Waals surface area contributed by atoms with Crippen LogP contribution < -0.4 is 5.32 Å². The molecule has 0 bridgehead atoms. The highest BCUT2D eigenvalue weighted by atomic mass is 16.2. The molecule has 33 heavy (non-hydrogen) atoms. The number of benzene rings is 2. The smallest absolute Gasteiger partial charge is 0.254 e. The third-order valence-electron chi connectivity index (χ3n) is 6.93. The predicted molar refractivity (Wildman–Crippen MR) is 128 cm³/mol. The molecule has 174 valence electrons. The van der Waals surface area contributed by atoms with Crippen molar-refractivity contribution in [2.45, 2.75) is 45.1 Å². The van der Waals surface area contributed by atoms with Gasteiger partial charge in [0, 0.05) is 37.3 Å². The number of aryl methyl sites for hydroxylation is 1. The third-order valence-corrected chi connectivity index (χ3v) is 6.93. The molecule has 2 aliphatic heterocycles. The molecule has 0 aliphatic carbocycles. The van der Waals surface area contributed by atoms with E-state index < -0.39 is 6.04 Å². The largest absolute Gasteiger partial charge is 0.341 e. The molecule has 2 aromatic rings. The lowest BCUT2D eigenvalue weighted by atomic mass is 9.87. The van der Waals surface area contributed by atoms with Gasteiger partial charge in [-0.15, -0.1) is 0 Å². The maximum Gasteiger partial charge on any atom is 0.254 e. The van der Waals surface area contributed by atoms with E-state index in [2.05, 4.69) is 5.32 Å². The van der Waals surface area contributed by atoms with E-state index in [1.165, 1.54) is 0 Å². The van der Waals surface area contributed by atoms with Crippen LogP contribution in [0.25, 0.3) is 0 Å². The molecule has 0 spiro atoms. The molecule has 6 heteroatoms. The van der Waals surface area contributed by atoms with E-state index in [9.17, 15) is 14.4 Å². The number of carbonyl (C=O) groups excluding carboxylic acids is 3. The number of likely N-dealkylation sites (tertiary alicyclic amines) is 2. The molecule has 6 nitrogen and oxygen atoms in total. The molecular formula is C27H33N3O3. The lowest BCUT2D eigenvalue weighted by Gasteiger charge is -2.38. The zero-order valence-corrected chi connectivity index (χ0v) is 19.3. The number of amides is 3. The van der Waals surface area contributed by atoms with Gasteiger partial charge in [-0.05, 0) is 68.7 Å². The molecule has 0 saturated carbocycles. The average Bonchev–Trinajstić information content (AvgIpc) is 2.88. The zero-order chi connectivity index (χ0) is 23.2. The maximum absolute atomic E-state index is 13.5. The van der Waals surface area contributed by atoms with Gasteiger partial charge in [0.1, 0.15) is 6.04 Å². The molecule has 4 rings (SSSR count). The lowest BCUT2D eigenvalue weighted by molar-refractivity contribution is -0.136. The number of carbonyl (C=O) groups is 3. The monoisotopic (exact) mass is 447 g/mol. The molecule has 1 N–H and O–H groups in total. The van der Waals surface area contributed by atoms with Crippen LogP contribution in [0.5, 0.6) is 0 Å². The van der Waals surface area contributed by atoms with Gasteiger partial charge in [0.15, 0.2) is 0 Å². The van der Waals surface area contributed by atoms with Crippen LogP contribution in [-0.2, 0) is 4.79 Å². The van der Waals surface area contributed by atoms with Crippen molar-refractivity contribution in [3.8, 4) is 0 Å². The van der Waals surface area contributed by atoms with E-state index in [1.54, 1.807) is 12.1 Å². The van der Waals surface area contributed by atoms with Crippen molar-refractivity contribution in [1.82, 2.24) is 15.1 Å². The molecule has 2 heterocycles. The standard InChI is InChI=1S/C27H33N3O3/c1-20-10-6-7-13-23(20)26(32)30-18-14-21(15-19-30)24(27(33)29-16-8-3-9-17-29)28-25(31)22-11-4-2-5-12-22/h2,4-7,10-13,21,24H,3,8-9,14-19H2,1H3,(H,28,31). The van der Waals surface area contributed by atoms with Crippen LogP contribution >= 0.6 is 0 Å². The number of nitrogens with one attached hydrogen (secondary N) is 1. The molecule has 3 amide bonds. The normalized spacial score (nSPS) is 18.0. The molecule has 0 aromatic heterocycles. The van der Waals surface area contributed by atoms with Crippen LogP contribution in [0.4, 0.5) is 0 Å². The number of piperidine rings is 2. The van der Waals surface area contributed by atoms with Crippen LogP contribution in [0.1, 0.15) is 58.4 Å². The Kier molecular flexibility index (Phi) is 7.43. The van der Waals surface area contributed by atoms with Gasteiger partial charge in [0.25, 0.3) is 11.8 Å². The van der Waals surface area contributed by atoms with Crippen molar-refractivity contribution in [2.75, 3.05) is 26.2 Å². The lowest BCUT2D eigenvalue weighted by Crippen LogP contribution is -2.55. The second-order valence-corrected chi connectivity index (χ2v) is 9.15. The van der Waals surface area contributed by atoms with E-state index in [0.717, 1.165) is 43.5 Å². The number of hydrogen-bond acceptors (Lipinski definition) is 3. The van der Waals surface area contributed by atoms with Crippen LogP contribution in [0.3, 0.4) is 0 Å². The summed E-state index contributed by atoms with van der Waals surface area (Å²) in [5.74, 6) is -0.154. The summed E-state index contributed by atoms with van der Waals surface area (Å²) >= 11 is 0. The van der Waals surface area contributed by atoms with Crippen LogP contribution in [0, 0.1) is 12.8 Å². The fourth-order valence-corrected chi connectivity index (χ4v) is 4.93. The van der Waals surface area contributed by atoms with Crippen molar-refractivity contribution >= 4 is 17.7 Å². The predicted octanol–water partition coefficient (Wildman–Crippen LogP) is 3.66. The molecule has 1 atom stereocenters. The minimum Gasteiger partial charge on any atom is -0.341 e. The maximum atomic E-state index is 13.5. The minimum absolute atomic E-state index is 0.00742. The molecule has 1 unspecified atom stereocenters. The Morgan fingerprint density at radius 1 is 0.818 bits per heavy atom. The van der Waals surface area contributed by atoms with E-state index >= 15 is 0 Å². The Labute approximate surface area is 196 Å². The Morgan fingerprint density at radius 3 is 2.12 bits per heavy atom. The zero-order valence-electron chi connectivity index (χ0n) is 19.3. The quantitative estimate of drug-likeness (QED) is 0.761. The van der Waals surface area contributed by atoms with Gasteiger partial charge in [-0.2, -0.15) is 0 Å². The molecular weight excluding hydrogens is 414 g/mol. The molecule has 2 aliphatic rings. The summed E-state index contributed by atoms with van der Waals surface area (Å²) in [5.41, 5.74) is 2.26. The van der Waals surface area contributed by atoms with Gasteiger partial charge in [-0.25, -0.2) is 0 Å². The SMILES string of the molecule is Cc1ccccc1C(=O)N1CCC(C(NC(=O)c2ccccc2)C(=O)N2CCCCC2)CC1. The van der Waals surface area contributed by atoms with Gasteiger partial charge >= 0.3 is 0 Å². The highest BCUT2D eigenvalue weighted by molar-refractivity contribution is 5.98. The fourth-order valence-electron chi connectivity index (χ4n) is 4.93. The van der Waals surface area contributed by atoms with Crippen LogP contribution in [0.15, 0.2) is 54.6 Å². The van der Waals surface area contributed by atoms with E-state index in [1.807, 2.05) is 59.2 Å². The van der Waals surface area contributed by atoms with Crippen molar-refractivity contribution in [3.05, 3.63) is 71.3 Å². The summed E-state index contributed by atoms with van der Waals surface area (Å²) in [6.45, 7) is 4.63. The van der Waals surface area contributed by atoms with E-state index in [0.29, 0.717) is 31.5 Å². The summed E-state index contributed by atoms with van der Waals surface area (Å²) in [5, 5.41) is 3.05. The Bertz CT molecular complexity index is 977. The van der Waals surface area contributed by atoms with Gasteiger partial charge in [-0.3, -0.25) is 14.4 Å². The first-order chi connectivity index (χ1) is 16.0. The first-order valence-electron chi connectivity index (χ1n) is 12.0. The Balaban J connectivity index is 1.46. The molecule has 2 fully saturated rings. The fraction of sp³-hybridized carbons (Fsp3) is 0.444. The second-order valence-electron chi connectivity index (χ2n) is 9.15. The highest BCUT2D eigenvalue weighted by Gasteiger charge is 2.36. The Hall–Kier alpha value is -3.15. The van der Waals surface area contributed by atoms with Gasteiger partial charge in [0.2, 0.25) is 5.91 Å². The van der Waals surface area contributed by atoms with Crippen molar-refractivity contribution in [2.24, 2.45) is 5.92 Å². The molecule has 0 radical (unpaired) electrons. The van der Waals surface area contributed by atoms with Crippen molar-refractivity contribution < 1.29 is 14.4 Å². The average molecular weight is 448 g/mol. The number of nitrogens with zero attached hydrogens (tertiary/aromatic N) is 2. The van der Waals surface area contributed by atoms with Crippen LogP contribution in [0.2, 0.25) is 0 Å². The minimum atomic E-state index is -0.563. The second kappa shape index (κ2) is 10.6. The van der Waals surface area contributed by atoms with Gasteiger partial charge in [-0.1, -0.05) is 36.4 Å². The topological polar surface area (TPSA) is 69.7 Å². The van der Waals surface area contributed by atoms with Gasteiger partial charge < -0.3 is 15.1 Å². The third kappa shape index (κ3) is 5.44. The van der Waals surface area contributed by atoms with E-state index in [-0.39, 0.29) is 23.6 Å². The summed E-state index contributed by atoms with van der Waals surface area (Å²) in [6.07, 6.45) is 4.54. The van der Waals surface area contributed by atoms with Crippen LogP contribution in [-0.4, -0.2) is 59.7 Å². The van der Waals surface area contributed by atoms with Crippen molar-refractivity contribution in [1.29, 1.82) is 0 Å². The highest BCUT2D eigenvalue weighted by Crippen LogP contribution is 2.25. The first kappa shape index (κ1) is 23.0. The summed E-state index contributed by atoms with van der Waals surface area (Å²) in [4.78, 5) is 43.2. The van der Waals surface area contributed by atoms with E-state index in [4.69, 9.17) is 0 Å². The van der Waals surface area contributed by atoms with Crippen molar-refractivity contribution in [3.63, 3.8) is 0 Å². The summed E-state index contributed by atoms with van der Waals surface area (Å²) in [7, 11) is 0. The first-order valence-corrected chi connectivity index (χ1v) is 12.0. The molecule has 2 saturated heterocycles. The molecule has 2 aromatic carbocycles. The summed E-state index contributed by atoms with van der Waals surface area (Å²) < 4.78 is 0.